The van der Waals surface area contributed by atoms with Crippen molar-refractivity contribution in [1.29, 1.82) is 0 Å². The van der Waals surface area contributed by atoms with Gasteiger partial charge in [0.15, 0.2) is 0 Å². The Morgan fingerprint density at radius 2 is 1.95 bits per heavy atom. The number of nitrogens with one attached hydrogen (secondary N) is 1. The standard InChI is InChI=1S/C16H16N4O/c21-15(19-13-5-6-13)12-9-17-16(18-10-12)20-8-7-11-3-1-2-4-14(11)20/h1-4,9-10,13H,5-8H2,(H,19,21). The summed E-state index contributed by atoms with van der Waals surface area (Å²) in [7, 11) is 0. The predicted octanol–water partition coefficient (Wildman–Crippen LogP) is 2.06. The van der Waals surface area contributed by atoms with Crippen molar-refractivity contribution in [3.63, 3.8) is 0 Å². The van der Waals surface area contributed by atoms with E-state index in [-0.39, 0.29) is 5.91 Å². The van der Waals surface area contributed by atoms with E-state index in [0.29, 0.717) is 17.6 Å². The average molecular weight is 280 g/mol. The SMILES string of the molecule is O=C(NC1CC1)c1cnc(N2CCc3ccccc32)nc1. The van der Waals surface area contributed by atoms with Crippen LogP contribution in [0.1, 0.15) is 28.8 Å². The van der Waals surface area contributed by atoms with Crippen molar-refractivity contribution >= 4 is 17.5 Å². The minimum absolute atomic E-state index is 0.0779. The van der Waals surface area contributed by atoms with Crippen LogP contribution in [-0.4, -0.2) is 28.5 Å². The monoisotopic (exact) mass is 280 g/mol. The third-order valence-electron chi connectivity index (χ3n) is 3.94. The Bertz CT molecular complexity index is 679. The summed E-state index contributed by atoms with van der Waals surface area (Å²) in [6.07, 6.45) is 6.38. The summed E-state index contributed by atoms with van der Waals surface area (Å²) in [5, 5.41) is 2.94. The molecule has 0 unspecified atom stereocenters. The Morgan fingerprint density at radius 1 is 1.19 bits per heavy atom. The van der Waals surface area contributed by atoms with Crippen LogP contribution in [0.25, 0.3) is 0 Å². The second-order valence-corrected chi connectivity index (χ2v) is 5.55. The minimum Gasteiger partial charge on any atom is -0.349 e. The number of nitrogens with zero attached hydrogens (tertiary/aromatic N) is 3. The van der Waals surface area contributed by atoms with E-state index in [0.717, 1.165) is 31.5 Å². The number of fused-ring (bicyclic) bond motifs is 1. The highest BCUT2D eigenvalue weighted by Gasteiger charge is 2.25. The molecule has 1 aromatic heterocycles. The molecular formula is C16H16N4O. The number of rotatable bonds is 3. The van der Waals surface area contributed by atoms with Crippen LogP contribution >= 0.6 is 0 Å². The molecule has 1 fully saturated rings. The number of hydrogen-bond acceptors (Lipinski definition) is 4. The fourth-order valence-corrected chi connectivity index (χ4v) is 2.62. The third kappa shape index (κ3) is 2.35. The van der Waals surface area contributed by atoms with Crippen molar-refractivity contribution in [2.45, 2.75) is 25.3 Å². The molecule has 5 nitrogen and oxygen atoms in total. The fraction of sp³-hybridized carbons (Fsp3) is 0.312. The highest BCUT2D eigenvalue weighted by molar-refractivity contribution is 5.94. The van der Waals surface area contributed by atoms with E-state index >= 15 is 0 Å². The molecule has 106 valence electrons. The first-order valence-corrected chi connectivity index (χ1v) is 7.29. The molecule has 0 atom stereocenters. The van der Waals surface area contributed by atoms with E-state index < -0.39 is 0 Å². The van der Waals surface area contributed by atoms with Crippen molar-refractivity contribution in [3.8, 4) is 0 Å². The molecule has 5 heteroatoms. The first-order chi connectivity index (χ1) is 10.3. The van der Waals surface area contributed by atoms with E-state index in [1.165, 1.54) is 5.56 Å². The van der Waals surface area contributed by atoms with E-state index in [1.54, 1.807) is 12.4 Å². The zero-order valence-corrected chi connectivity index (χ0v) is 11.6. The molecule has 2 aliphatic rings. The number of anilines is 2. The maximum absolute atomic E-state index is 11.9. The Hall–Kier alpha value is -2.43. The highest BCUT2D eigenvalue weighted by Crippen LogP contribution is 2.31. The lowest BCUT2D eigenvalue weighted by Crippen LogP contribution is -2.26. The van der Waals surface area contributed by atoms with Gasteiger partial charge in [-0.05, 0) is 30.9 Å². The molecule has 2 aromatic rings. The highest BCUT2D eigenvalue weighted by atomic mass is 16.1. The lowest BCUT2D eigenvalue weighted by atomic mass is 10.2. The smallest absolute Gasteiger partial charge is 0.254 e. The quantitative estimate of drug-likeness (QED) is 0.935. The zero-order chi connectivity index (χ0) is 14.2. The van der Waals surface area contributed by atoms with Gasteiger partial charge in [-0.2, -0.15) is 0 Å². The van der Waals surface area contributed by atoms with Gasteiger partial charge in [-0.15, -0.1) is 0 Å². The van der Waals surface area contributed by atoms with Crippen LogP contribution in [0.5, 0.6) is 0 Å². The van der Waals surface area contributed by atoms with Crippen LogP contribution in [0.4, 0.5) is 11.6 Å². The summed E-state index contributed by atoms with van der Waals surface area (Å²) in [6, 6.07) is 8.64. The Morgan fingerprint density at radius 3 is 2.71 bits per heavy atom. The van der Waals surface area contributed by atoms with Crippen molar-refractivity contribution < 1.29 is 4.79 Å². The zero-order valence-electron chi connectivity index (χ0n) is 11.6. The van der Waals surface area contributed by atoms with Gasteiger partial charge in [-0.25, -0.2) is 9.97 Å². The van der Waals surface area contributed by atoms with Gasteiger partial charge >= 0.3 is 0 Å². The molecule has 1 N–H and O–H groups in total. The van der Waals surface area contributed by atoms with E-state index in [1.807, 2.05) is 6.07 Å². The summed E-state index contributed by atoms with van der Waals surface area (Å²) < 4.78 is 0. The van der Waals surface area contributed by atoms with E-state index in [9.17, 15) is 4.79 Å². The van der Waals surface area contributed by atoms with Gasteiger partial charge in [0, 0.05) is 30.7 Å². The van der Waals surface area contributed by atoms with Crippen molar-refractivity contribution in [2.24, 2.45) is 0 Å². The first-order valence-electron chi connectivity index (χ1n) is 7.29. The maximum Gasteiger partial charge on any atom is 0.254 e. The summed E-state index contributed by atoms with van der Waals surface area (Å²) in [5.41, 5.74) is 3.00. The van der Waals surface area contributed by atoms with Crippen molar-refractivity contribution in [1.82, 2.24) is 15.3 Å². The number of carbonyl (C=O) groups is 1. The molecule has 2 heterocycles. The molecule has 0 bridgehead atoms. The molecule has 1 amide bonds. The van der Waals surface area contributed by atoms with Gasteiger partial charge in [0.1, 0.15) is 0 Å². The Kier molecular flexibility index (Phi) is 2.84. The van der Waals surface area contributed by atoms with Crippen LogP contribution in [0.15, 0.2) is 36.7 Å². The largest absolute Gasteiger partial charge is 0.349 e. The van der Waals surface area contributed by atoms with Crippen LogP contribution in [0.3, 0.4) is 0 Å². The number of amides is 1. The molecule has 0 spiro atoms. The van der Waals surface area contributed by atoms with Crippen molar-refractivity contribution in [3.05, 3.63) is 47.8 Å². The Labute approximate surface area is 123 Å². The molecule has 0 saturated heterocycles. The average Bonchev–Trinajstić information content (AvgIpc) is 3.23. The number of para-hydroxylation sites is 1. The molecule has 1 aliphatic carbocycles. The normalized spacial score (nSPS) is 16.7. The number of carbonyl (C=O) groups excluding carboxylic acids is 1. The fourth-order valence-electron chi connectivity index (χ4n) is 2.62. The Balaban J connectivity index is 1.55. The van der Waals surface area contributed by atoms with Crippen LogP contribution < -0.4 is 10.2 Å². The second-order valence-electron chi connectivity index (χ2n) is 5.55. The van der Waals surface area contributed by atoms with Gasteiger partial charge in [-0.1, -0.05) is 18.2 Å². The molecule has 1 aromatic carbocycles. The number of hydrogen-bond donors (Lipinski definition) is 1. The minimum atomic E-state index is -0.0779. The third-order valence-corrected chi connectivity index (χ3v) is 3.94. The number of benzene rings is 1. The lowest BCUT2D eigenvalue weighted by Gasteiger charge is -2.16. The second kappa shape index (κ2) is 4.84. The predicted molar refractivity (Wildman–Crippen MR) is 79.7 cm³/mol. The van der Waals surface area contributed by atoms with Gasteiger partial charge in [0.2, 0.25) is 5.95 Å². The molecule has 1 aliphatic heterocycles. The van der Waals surface area contributed by atoms with Gasteiger partial charge in [0.25, 0.3) is 5.91 Å². The van der Waals surface area contributed by atoms with Crippen LogP contribution in [0, 0.1) is 0 Å². The van der Waals surface area contributed by atoms with Crippen LogP contribution in [-0.2, 0) is 6.42 Å². The maximum atomic E-state index is 11.9. The molecule has 1 saturated carbocycles. The summed E-state index contributed by atoms with van der Waals surface area (Å²) in [6.45, 7) is 0.882. The van der Waals surface area contributed by atoms with E-state index in [4.69, 9.17) is 0 Å². The first kappa shape index (κ1) is 12.3. The van der Waals surface area contributed by atoms with Gasteiger partial charge in [-0.3, -0.25) is 4.79 Å². The van der Waals surface area contributed by atoms with Crippen LogP contribution in [0.2, 0.25) is 0 Å². The lowest BCUT2D eigenvalue weighted by molar-refractivity contribution is 0.0950. The molecule has 0 radical (unpaired) electrons. The molecule has 21 heavy (non-hydrogen) atoms. The van der Waals surface area contributed by atoms with Gasteiger partial charge < -0.3 is 10.2 Å². The summed E-state index contributed by atoms with van der Waals surface area (Å²) >= 11 is 0. The summed E-state index contributed by atoms with van der Waals surface area (Å²) in [4.78, 5) is 22.7. The summed E-state index contributed by atoms with van der Waals surface area (Å²) in [5.74, 6) is 0.578. The molecule has 4 rings (SSSR count). The topological polar surface area (TPSA) is 58.1 Å². The van der Waals surface area contributed by atoms with E-state index in [2.05, 4.69) is 38.4 Å². The number of aromatic nitrogens is 2. The van der Waals surface area contributed by atoms with Crippen molar-refractivity contribution in [2.75, 3.05) is 11.4 Å². The molecular weight excluding hydrogens is 264 g/mol. The van der Waals surface area contributed by atoms with Gasteiger partial charge in [0.05, 0.1) is 5.56 Å².